The number of hydrogen-bond donors (Lipinski definition) is 2. The SMILES string of the molecule is CN=C(NCc1ccc(Cl)cc1)NCC1CCN(C)CC1. The molecule has 1 heterocycles. The molecule has 1 aliphatic heterocycles. The molecule has 0 atom stereocenters. The van der Waals surface area contributed by atoms with Crippen molar-refractivity contribution in [2.45, 2.75) is 19.4 Å². The number of benzene rings is 1. The van der Waals surface area contributed by atoms with Crippen LogP contribution >= 0.6 is 11.6 Å². The van der Waals surface area contributed by atoms with Crippen LogP contribution in [0.4, 0.5) is 0 Å². The van der Waals surface area contributed by atoms with Crippen molar-refractivity contribution in [2.24, 2.45) is 10.9 Å². The van der Waals surface area contributed by atoms with Crippen LogP contribution in [0, 0.1) is 5.92 Å². The summed E-state index contributed by atoms with van der Waals surface area (Å²) in [6.07, 6.45) is 2.52. The molecule has 1 fully saturated rings. The van der Waals surface area contributed by atoms with Crippen molar-refractivity contribution in [2.75, 3.05) is 33.7 Å². The number of piperidine rings is 1. The maximum atomic E-state index is 5.89. The van der Waals surface area contributed by atoms with E-state index in [4.69, 9.17) is 11.6 Å². The lowest BCUT2D eigenvalue weighted by atomic mass is 9.97. The molecule has 1 saturated heterocycles. The van der Waals surface area contributed by atoms with Gasteiger partial charge in [0.2, 0.25) is 0 Å². The Kier molecular flexibility index (Phi) is 6.33. The first-order valence-electron chi connectivity index (χ1n) is 7.55. The van der Waals surface area contributed by atoms with Gasteiger partial charge in [0.25, 0.3) is 0 Å². The van der Waals surface area contributed by atoms with Crippen molar-refractivity contribution in [1.29, 1.82) is 0 Å². The molecule has 21 heavy (non-hydrogen) atoms. The molecule has 0 unspecified atom stereocenters. The van der Waals surface area contributed by atoms with Crippen LogP contribution in [0.1, 0.15) is 18.4 Å². The summed E-state index contributed by atoms with van der Waals surface area (Å²) in [5, 5.41) is 7.54. The molecule has 0 saturated carbocycles. The highest BCUT2D eigenvalue weighted by Gasteiger charge is 2.16. The van der Waals surface area contributed by atoms with E-state index >= 15 is 0 Å². The van der Waals surface area contributed by atoms with Gasteiger partial charge in [-0.05, 0) is 56.6 Å². The van der Waals surface area contributed by atoms with Crippen LogP contribution < -0.4 is 10.6 Å². The van der Waals surface area contributed by atoms with Crippen molar-refractivity contribution in [3.63, 3.8) is 0 Å². The predicted octanol–water partition coefficient (Wildman–Crippen LogP) is 2.35. The first kappa shape index (κ1) is 16.1. The number of nitrogens with one attached hydrogen (secondary N) is 2. The Balaban J connectivity index is 1.72. The quantitative estimate of drug-likeness (QED) is 0.662. The molecule has 1 aromatic carbocycles. The van der Waals surface area contributed by atoms with Gasteiger partial charge in [-0.3, -0.25) is 4.99 Å². The Morgan fingerprint density at radius 2 is 1.90 bits per heavy atom. The Morgan fingerprint density at radius 1 is 1.24 bits per heavy atom. The van der Waals surface area contributed by atoms with Gasteiger partial charge in [-0.2, -0.15) is 0 Å². The fraction of sp³-hybridized carbons (Fsp3) is 0.562. The van der Waals surface area contributed by atoms with Crippen LogP contribution in [0.25, 0.3) is 0 Å². The topological polar surface area (TPSA) is 39.7 Å². The van der Waals surface area contributed by atoms with Crippen molar-refractivity contribution in [3.8, 4) is 0 Å². The number of rotatable bonds is 4. The second-order valence-corrected chi connectivity index (χ2v) is 6.12. The summed E-state index contributed by atoms with van der Waals surface area (Å²) in [5.41, 5.74) is 1.20. The standard InChI is InChI=1S/C16H25ClN4/c1-18-16(19-11-13-3-5-15(17)6-4-13)20-12-14-7-9-21(2)10-8-14/h3-6,14H,7-12H2,1-2H3,(H2,18,19,20). The first-order valence-corrected chi connectivity index (χ1v) is 7.92. The number of halogens is 1. The van der Waals surface area contributed by atoms with Gasteiger partial charge in [0.05, 0.1) is 0 Å². The lowest BCUT2D eigenvalue weighted by Crippen LogP contribution is -2.41. The van der Waals surface area contributed by atoms with Crippen molar-refractivity contribution < 1.29 is 0 Å². The third-order valence-corrected chi connectivity index (χ3v) is 4.25. The molecule has 0 bridgehead atoms. The molecule has 5 heteroatoms. The highest BCUT2D eigenvalue weighted by molar-refractivity contribution is 6.30. The Labute approximate surface area is 132 Å². The number of guanidine groups is 1. The molecule has 116 valence electrons. The van der Waals surface area contributed by atoms with Gasteiger partial charge in [-0.15, -0.1) is 0 Å². The molecule has 0 spiro atoms. The molecular formula is C16H25ClN4. The second-order valence-electron chi connectivity index (χ2n) is 5.68. The van der Waals surface area contributed by atoms with E-state index in [1.165, 1.54) is 31.5 Å². The molecule has 0 aliphatic carbocycles. The van der Waals surface area contributed by atoms with E-state index in [-0.39, 0.29) is 0 Å². The van der Waals surface area contributed by atoms with E-state index in [1.807, 2.05) is 31.3 Å². The van der Waals surface area contributed by atoms with Gasteiger partial charge in [0.15, 0.2) is 5.96 Å². The van der Waals surface area contributed by atoms with Crippen LogP contribution in [0.5, 0.6) is 0 Å². The zero-order valence-electron chi connectivity index (χ0n) is 12.9. The summed E-state index contributed by atoms with van der Waals surface area (Å²) in [7, 11) is 4.00. The Bertz CT molecular complexity index is 450. The fourth-order valence-corrected chi connectivity index (χ4v) is 2.64. The van der Waals surface area contributed by atoms with E-state index in [1.54, 1.807) is 0 Å². The van der Waals surface area contributed by atoms with E-state index in [0.717, 1.165) is 30.0 Å². The van der Waals surface area contributed by atoms with Crippen LogP contribution in [-0.2, 0) is 6.54 Å². The summed E-state index contributed by atoms with van der Waals surface area (Å²) >= 11 is 5.89. The Morgan fingerprint density at radius 3 is 2.52 bits per heavy atom. The zero-order chi connectivity index (χ0) is 15.1. The number of nitrogens with zero attached hydrogens (tertiary/aromatic N) is 2. The zero-order valence-corrected chi connectivity index (χ0v) is 13.7. The molecule has 2 N–H and O–H groups in total. The van der Waals surface area contributed by atoms with E-state index < -0.39 is 0 Å². The van der Waals surface area contributed by atoms with Crippen molar-refractivity contribution >= 4 is 17.6 Å². The average molecular weight is 309 g/mol. The third-order valence-electron chi connectivity index (χ3n) is 3.99. The van der Waals surface area contributed by atoms with Gasteiger partial charge in [0.1, 0.15) is 0 Å². The minimum atomic E-state index is 0.746. The third kappa shape index (κ3) is 5.56. The largest absolute Gasteiger partial charge is 0.356 e. The van der Waals surface area contributed by atoms with Crippen LogP contribution in [0.15, 0.2) is 29.3 Å². The van der Waals surface area contributed by atoms with E-state index in [9.17, 15) is 0 Å². The number of likely N-dealkylation sites (tertiary alicyclic amines) is 1. The molecule has 0 radical (unpaired) electrons. The van der Waals surface area contributed by atoms with E-state index in [0.29, 0.717) is 0 Å². The van der Waals surface area contributed by atoms with Crippen molar-refractivity contribution in [1.82, 2.24) is 15.5 Å². The van der Waals surface area contributed by atoms with Crippen LogP contribution in [0.3, 0.4) is 0 Å². The summed E-state index contributed by atoms with van der Waals surface area (Å²) in [6, 6.07) is 7.87. The summed E-state index contributed by atoms with van der Waals surface area (Å²) in [6.45, 7) is 4.14. The monoisotopic (exact) mass is 308 g/mol. The molecule has 2 rings (SSSR count). The molecule has 1 aromatic rings. The molecule has 0 aromatic heterocycles. The smallest absolute Gasteiger partial charge is 0.191 e. The predicted molar refractivity (Wildman–Crippen MR) is 89.9 cm³/mol. The van der Waals surface area contributed by atoms with Crippen molar-refractivity contribution in [3.05, 3.63) is 34.9 Å². The molecule has 0 amide bonds. The van der Waals surface area contributed by atoms with Gasteiger partial charge in [0, 0.05) is 25.2 Å². The molecule has 4 nitrogen and oxygen atoms in total. The summed E-state index contributed by atoms with van der Waals surface area (Å²) in [4.78, 5) is 6.67. The van der Waals surface area contributed by atoms with E-state index in [2.05, 4.69) is 27.6 Å². The highest BCUT2D eigenvalue weighted by Crippen LogP contribution is 2.14. The average Bonchev–Trinajstić information content (AvgIpc) is 2.51. The molecule has 1 aliphatic rings. The van der Waals surface area contributed by atoms with Gasteiger partial charge < -0.3 is 15.5 Å². The highest BCUT2D eigenvalue weighted by atomic mass is 35.5. The normalized spacial score (nSPS) is 17.8. The van der Waals surface area contributed by atoms with Gasteiger partial charge in [-0.1, -0.05) is 23.7 Å². The fourth-order valence-electron chi connectivity index (χ4n) is 2.52. The van der Waals surface area contributed by atoms with Gasteiger partial charge >= 0.3 is 0 Å². The van der Waals surface area contributed by atoms with Crippen LogP contribution in [-0.4, -0.2) is 44.6 Å². The first-order chi connectivity index (χ1) is 10.2. The second kappa shape index (κ2) is 8.25. The lowest BCUT2D eigenvalue weighted by Gasteiger charge is -2.29. The summed E-state index contributed by atoms with van der Waals surface area (Å²) in [5.74, 6) is 1.61. The lowest BCUT2D eigenvalue weighted by molar-refractivity contribution is 0.220. The maximum Gasteiger partial charge on any atom is 0.191 e. The summed E-state index contributed by atoms with van der Waals surface area (Å²) < 4.78 is 0. The van der Waals surface area contributed by atoms with Gasteiger partial charge in [-0.25, -0.2) is 0 Å². The number of aliphatic imine (C=N–C) groups is 1. The minimum absolute atomic E-state index is 0.746. The molecular weight excluding hydrogens is 284 g/mol. The van der Waals surface area contributed by atoms with Crippen LogP contribution in [0.2, 0.25) is 5.02 Å². The maximum absolute atomic E-state index is 5.89. The minimum Gasteiger partial charge on any atom is -0.356 e. The Hall–Kier alpha value is -1.26. The number of hydrogen-bond acceptors (Lipinski definition) is 2.